The number of rotatable bonds is 5. The lowest BCUT2D eigenvalue weighted by atomic mass is 10.1. The minimum absolute atomic E-state index is 0.0240. The Kier molecular flexibility index (Phi) is 4.66. The zero-order valence-corrected chi connectivity index (χ0v) is 9.32. The van der Waals surface area contributed by atoms with Gasteiger partial charge in [0.1, 0.15) is 0 Å². The summed E-state index contributed by atoms with van der Waals surface area (Å²) in [5.74, 6) is -0.0168. The fourth-order valence-electron chi connectivity index (χ4n) is 1.26. The van der Waals surface area contributed by atoms with Crippen molar-refractivity contribution >= 4 is 17.4 Å². The van der Waals surface area contributed by atoms with Crippen LogP contribution in [0.15, 0.2) is 24.3 Å². The van der Waals surface area contributed by atoms with Crippen LogP contribution in [0.1, 0.15) is 30.1 Å². The van der Waals surface area contributed by atoms with E-state index in [9.17, 15) is 9.59 Å². The van der Waals surface area contributed by atoms with Crippen LogP contribution >= 0.6 is 0 Å². The lowest BCUT2D eigenvalue weighted by molar-refractivity contribution is -0.115. The van der Waals surface area contributed by atoms with Gasteiger partial charge < -0.3 is 11.1 Å². The Labute approximate surface area is 94.8 Å². The molecule has 1 aromatic rings. The first kappa shape index (κ1) is 12.4. The first-order valence-corrected chi connectivity index (χ1v) is 5.30. The molecule has 0 spiro atoms. The molecule has 0 aromatic heterocycles. The van der Waals surface area contributed by atoms with Gasteiger partial charge in [-0.1, -0.05) is 6.92 Å². The van der Waals surface area contributed by atoms with Crippen molar-refractivity contribution in [2.75, 3.05) is 11.9 Å². The molecule has 0 bridgehead atoms. The molecular weight excluding hydrogens is 204 g/mol. The highest BCUT2D eigenvalue weighted by Gasteiger charge is 2.04. The minimum atomic E-state index is -0.0407. The zero-order valence-electron chi connectivity index (χ0n) is 9.32. The predicted octanol–water partition coefficient (Wildman–Crippen LogP) is 1.57. The van der Waals surface area contributed by atoms with E-state index in [1.807, 2.05) is 0 Å². The summed E-state index contributed by atoms with van der Waals surface area (Å²) < 4.78 is 0. The highest BCUT2D eigenvalue weighted by molar-refractivity contribution is 5.97. The standard InChI is InChI=1S/C12H16N2O2/c1-2-12(16)14-10-5-3-9(4-6-10)11(15)7-8-13/h3-6H,2,7-8,13H2,1H3,(H,14,16). The van der Waals surface area contributed by atoms with E-state index < -0.39 is 0 Å². The molecule has 1 amide bonds. The summed E-state index contributed by atoms with van der Waals surface area (Å²) in [6.45, 7) is 2.14. The van der Waals surface area contributed by atoms with Gasteiger partial charge in [0.15, 0.2) is 5.78 Å². The second-order valence-corrected chi connectivity index (χ2v) is 3.44. The van der Waals surface area contributed by atoms with E-state index >= 15 is 0 Å². The SMILES string of the molecule is CCC(=O)Nc1ccc(C(=O)CCN)cc1. The van der Waals surface area contributed by atoms with E-state index in [-0.39, 0.29) is 11.7 Å². The number of Topliss-reactive ketones (excluding diaryl/α,β-unsaturated/α-hetero) is 1. The quantitative estimate of drug-likeness (QED) is 0.740. The van der Waals surface area contributed by atoms with Gasteiger partial charge in [-0.2, -0.15) is 0 Å². The van der Waals surface area contributed by atoms with Crippen molar-refractivity contribution in [3.05, 3.63) is 29.8 Å². The predicted molar refractivity (Wildman–Crippen MR) is 63.4 cm³/mol. The van der Waals surface area contributed by atoms with E-state index in [0.29, 0.717) is 30.6 Å². The van der Waals surface area contributed by atoms with Gasteiger partial charge in [0.2, 0.25) is 5.91 Å². The van der Waals surface area contributed by atoms with Gasteiger partial charge in [-0.05, 0) is 30.8 Å². The van der Waals surface area contributed by atoms with E-state index in [1.165, 1.54) is 0 Å². The fourth-order valence-corrected chi connectivity index (χ4v) is 1.26. The summed E-state index contributed by atoms with van der Waals surface area (Å²) in [4.78, 5) is 22.6. The van der Waals surface area contributed by atoms with Crippen molar-refractivity contribution in [1.82, 2.24) is 0 Å². The number of ketones is 1. The van der Waals surface area contributed by atoms with Gasteiger partial charge in [0, 0.05) is 24.1 Å². The second-order valence-electron chi connectivity index (χ2n) is 3.44. The summed E-state index contributed by atoms with van der Waals surface area (Å²) >= 11 is 0. The molecule has 4 nitrogen and oxygen atoms in total. The van der Waals surface area contributed by atoms with E-state index in [2.05, 4.69) is 5.32 Å². The summed E-state index contributed by atoms with van der Waals surface area (Å²) in [6.07, 6.45) is 0.786. The van der Waals surface area contributed by atoms with Crippen LogP contribution < -0.4 is 11.1 Å². The molecule has 0 atom stereocenters. The molecular formula is C12H16N2O2. The molecule has 0 aliphatic rings. The Bertz CT molecular complexity index is 371. The molecule has 1 rings (SSSR count). The van der Waals surface area contributed by atoms with Crippen molar-refractivity contribution in [1.29, 1.82) is 0 Å². The molecule has 0 radical (unpaired) electrons. The number of anilines is 1. The summed E-state index contributed by atoms with van der Waals surface area (Å²) in [5.41, 5.74) is 6.63. The average molecular weight is 220 g/mol. The van der Waals surface area contributed by atoms with Crippen molar-refractivity contribution in [3.8, 4) is 0 Å². The van der Waals surface area contributed by atoms with Crippen molar-refractivity contribution in [2.45, 2.75) is 19.8 Å². The van der Waals surface area contributed by atoms with Crippen molar-refractivity contribution in [2.24, 2.45) is 5.73 Å². The van der Waals surface area contributed by atoms with Crippen LogP contribution in [0.5, 0.6) is 0 Å². The van der Waals surface area contributed by atoms with E-state index in [1.54, 1.807) is 31.2 Å². The molecule has 1 aromatic carbocycles. The number of hydrogen-bond acceptors (Lipinski definition) is 3. The number of nitrogens with two attached hydrogens (primary N) is 1. The molecule has 0 unspecified atom stereocenters. The lowest BCUT2D eigenvalue weighted by Crippen LogP contribution is -2.10. The van der Waals surface area contributed by atoms with Gasteiger partial charge >= 0.3 is 0 Å². The third-order valence-electron chi connectivity index (χ3n) is 2.18. The van der Waals surface area contributed by atoms with Crippen molar-refractivity contribution in [3.63, 3.8) is 0 Å². The highest BCUT2D eigenvalue weighted by atomic mass is 16.1. The topological polar surface area (TPSA) is 72.2 Å². The Morgan fingerprint density at radius 1 is 1.25 bits per heavy atom. The Hall–Kier alpha value is -1.68. The number of nitrogens with one attached hydrogen (secondary N) is 1. The Morgan fingerprint density at radius 3 is 2.38 bits per heavy atom. The van der Waals surface area contributed by atoms with E-state index in [4.69, 9.17) is 5.73 Å². The smallest absolute Gasteiger partial charge is 0.224 e. The number of amides is 1. The number of hydrogen-bond donors (Lipinski definition) is 2. The monoisotopic (exact) mass is 220 g/mol. The third-order valence-corrected chi connectivity index (χ3v) is 2.18. The zero-order chi connectivity index (χ0) is 12.0. The average Bonchev–Trinajstić information content (AvgIpc) is 2.30. The van der Waals surface area contributed by atoms with Crippen LogP contribution in [0.2, 0.25) is 0 Å². The summed E-state index contributed by atoms with van der Waals surface area (Å²) in [5, 5.41) is 2.71. The molecule has 0 saturated carbocycles. The van der Waals surface area contributed by atoms with Gasteiger partial charge in [0.25, 0.3) is 0 Å². The maximum absolute atomic E-state index is 11.5. The van der Waals surface area contributed by atoms with Gasteiger partial charge in [-0.15, -0.1) is 0 Å². The molecule has 0 heterocycles. The molecule has 86 valence electrons. The third kappa shape index (κ3) is 3.47. The summed E-state index contributed by atoms with van der Waals surface area (Å²) in [7, 11) is 0. The van der Waals surface area contributed by atoms with Crippen LogP contribution in [0.3, 0.4) is 0 Å². The maximum atomic E-state index is 11.5. The number of benzene rings is 1. The number of carbonyl (C=O) groups excluding carboxylic acids is 2. The Morgan fingerprint density at radius 2 is 1.88 bits per heavy atom. The number of carbonyl (C=O) groups is 2. The molecule has 4 heteroatoms. The van der Waals surface area contributed by atoms with Gasteiger partial charge in [0.05, 0.1) is 0 Å². The van der Waals surface area contributed by atoms with Gasteiger partial charge in [-0.3, -0.25) is 9.59 Å². The molecule has 0 aliphatic heterocycles. The van der Waals surface area contributed by atoms with Crippen LogP contribution in [0.25, 0.3) is 0 Å². The van der Waals surface area contributed by atoms with Crippen molar-refractivity contribution < 1.29 is 9.59 Å². The normalized spacial score (nSPS) is 9.88. The molecule has 0 fully saturated rings. The molecule has 3 N–H and O–H groups in total. The Balaban J connectivity index is 2.67. The molecule has 16 heavy (non-hydrogen) atoms. The van der Waals surface area contributed by atoms with E-state index in [0.717, 1.165) is 0 Å². The second kappa shape index (κ2) is 6.02. The first-order valence-electron chi connectivity index (χ1n) is 5.30. The summed E-state index contributed by atoms with van der Waals surface area (Å²) in [6, 6.07) is 6.83. The molecule has 0 saturated heterocycles. The van der Waals surface area contributed by atoms with Crippen LogP contribution in [0, 0.1) is 0 Å². The van der Waals surface area contributed by atoms with Crippen LogP contribution in [0.4, 0.5) is 5.69 Å². The maximum Gasteiger partial charge on any atom is 0.224 e. The minimum Gasteiger partial charge on any atom is -0.330 e. The highest BCUT2D eigenvalue weighted by Crippen LogP contribution is 2.11. The lowest BCUT2D eigenvalue weighted by Gasteiger charge is -2.04. The van der Waals surface area contributed by atoms with Crippen LogP contribution in [-0.2, 0) is 4.79 Å². The fraction of sp³-hybridized carbons (Fsp3) is 0.333. The van der Waals surface area contributed by atoms with Crippen LogP contribution in [-0.4, -0.2) is 18.2 Å². The largest absolute Gasteiger partial charge is 0.330 e. The van der Waals surface area contributed by atoms with Gasteiger partial charge in [-0.25, -0.2) is 0 Å². The molecule has 0 aliphatic carbocycles. The first-order chi connectivity index (χ1) is 7.67.